The van der Waals surface area contributed by atoms with Crippen molar-refractivity contribution in [2.24, 2.45) is 0 Å². The Hall–Kier alpha value is -2.77. The van der Waals surface area contributed by atoms with Crippen LogP contribution in [0.2, 0.25) is 0 Å². The third-order valence-electron chi connectivity index (χ3n) is 4.43. The van der Waals surface area contributed by atoms with Gasteiger partial charge in [0.05, 0.1) is 5.75 Å². The third-order valence-corrected chi connectivity index (χ3v) is 6.70. The average Bonchev–Trinajstić information content (AvgIpc) is 3.44. The highest BCUT2D eigenvalue weighted by Crippen LogP contribution is 2.18. The molecule has 3 heterocycles. The fourth-order valence-corrected chi connectivity index (χ4v) is 4.70. The van der Waals surface area contributed by atoms with Gasteiger partial charge in [-0.1, -0.05) is 6.07 Å². The first-order valence-corrected chi connectivity index (χ1v) is 11.9. The first kappa shape index (κ1) is 25.5. The molecule has 2 N–H and O–H groups in total. The maximum absolute atomic E-state index is 12.8. The lowest BCUT2D eigenvalue weighted by Crippen LogP contribution is -2.38. The zero-order valence-corrected chi connectivity index (χ0v) is 19.3. The minimum Gasteiger partial charge on any atom is -0.473 e. The molecule has 1 amide bonds. The van der Waals surface area contributed by atoms with E-state index in [0.29, 0.717) is 17.8 Å². The number of rotatable bonds is 7. The fraction of sp³-hybridized carbons (Fsp3) is 0.368. The highest BCUT2D eigenvalue weighted by atomic mass is 79.9. The van der Waals surface area contributed by atoms with Crippen molar-refractivity contribution in [2.75, 3.05) is 25.4 Å². The second kappa shape index (κ2) is 11.7. The number of carboxylic acids is 2. The van der Waals surface area contributed by atoms with Gasteiger partial charge in [0, 0.05) is 38.6 Å². The van der Waals surface area contributed by atoms with Gasteiger partial charge in [0.1, 0.15) is 0 Å². The van der Waals surface area contributed by atoms with Crippen LogP contribution in [-0.4, -0.2) is 76.1 Å². The lowest BCUT2D eigenvalue weighted by molar-refractivity contribution is -0.159. The minimum absolute atomic E-state index is 0.0882. The van der Waals surface area contributed by atoms with Crippen molar-refractivity contribution < 1.29 is 37.4 Å². The molecule has 2 aromatic rings. The average molecular weight is 532 g/mol. The molecule has 1 saturated heterocycles. The summed E-state index contributed by atoms with van der Waals surface area (Å²) >= 11 is 3.18. The number of aliphatic carboxylic acids is 2. The van der Waals surface area contributed by atoms with Crippen molar-refractivity contribution in [3.8, 4) is 0 Å². The van der Waals surface area contributed by atoms with Crippen molar-refractivity contribution in [3.63, 3.8) is 0 Å². The number of hydrogen-bond acceptors (Lipinski definition) is 7. The Kier molecular flexibility index (Phi) is 9.35. The summed E-state index contributed by atoms with van der Waals surface area (Å²) in [5.74, 6) is -3.94. The fourth-order valence-electron chi connectivity index (χ4n) is 2.87. The molecule has 1 aliphatic rings. The van der Waals surface area contributed by atoms with E-state index in [-0.39, 0.29) is 30.5 Å². The van der Waals surface area contributed by atoms with Gasteiger partial charge in [-0.25, -0.2) is 22.3 Å². The minimum atomic E-state index is -3.37. The maximum atomic E-state index is 12.8. The number of sulfonamides is 1. The Morgan fingerprint density at radius 3 is 2.28 bits per heavy atom. The quantitative estimate of drug-likeness (QED) is 0.506. The van der Waals surface area contributed by atoms with Crippen LogP contribution in [-0.2, 0) is 26.2 Å². The number of carboxylic acid groups (broad SMARTS) is 2. The summed E-state index contributed by atoms with van der Waals surface area (Å²) in [6.45, 7) is 1.47. The highest BCUT2D eigenvalue weighted by Gasteiger charge is 2.27. The Morgan fingerprint density at radius 2 is 1.78 bits per heavy atom. The Balaban J connectivity index is 0.000000534. The first-order chi connectivity index (χ1) is 15.1. The Morgan fingerprint density at radius 1 is 1.12 bits per heavy atom. The molecule has 1 aliphatic heterocycles. The van der Waals surface area contributed by atoms with E-state index >= 15 is 0 Å². The van der Waals surface area contributed by atoms with Crippen LogP contribution in [0, 0.1) is 0 Å². The molecule has 2 aromatic heterocycles. The number of nitrogens with zero attached hydrogens (tertiary/aromatic N) is 3. The molecule has 0 aliphatic carbocycles. The van der Waals surface area contributed by atoms with Gasteiger partial charge in [-0.3, -0.25) is 9.78 Å². The monoisotopic (exact) mass is 531 g/mol. The van der Waals surface area contributed by atoms with Crippen LogP contribution in [0.3, 0.4) is 0 Å². The van der Waals surface area contributed by atoms with Gasteiger partial charge < -0.3 is 19.5 Å². The van der Waals surface area contributed by atoms with Gasteiger partial charge in [0.25, 0.3) is 5.91 Å². The Bertz CT molecular complexity index is 1020. The van der Waals surface area contributed by atoms with Gasteiger partial charge in [-0.15, -0.1) is 0 Å². The van der Waals surface area contributed by atoms with Crippen LogP contribution in [0.25, 0.3) is 0 Å². The first-order valence-electron chi connectivity index (χ1n) is 9.47. The van der Waals surface area contributed by atoms with Crippen molar-refractivity contribution in [3.05, 3.63) is 52.7 Å². The van der Waals surface area contributed by atoms with Gasteiger partial charge >= 0.3 is 11.9 Å². The SMILES string of the molecule is O=C(O)C(=O)O.O=C(c1ccc(Br)o1)N(CCS(=O)(=O)N1CCCC1)Cc1cccnc1. The van der Waals surface area contributed by atoms with E-state index in [1.165, 1.54) is 9.21 Å². The number of amides is 1. The van der Waals surface area contributed by atoms with Crippen molar-refractivity contribution in [1.29, 1.82) is 0 Å². The summed E-state index contributed by atoms with van der Waals surface area (Å²) in [4.78, 5) is 36.5. The molecule has 1 fully saturated rings. The van der Waals surface area contributed by atoms with Crippen molar-refractivity contribution in [1.82, 2.24) is 14.2 Å². The number of pyridine rings is 1. The van der Waals surface area contributed by atoms with Crippen LogP contribution in [0.4, 0.5) is 0 Å². The summed E-state index contributed by atoms with van der Waals surface area (Å²) in [6.07, 6.45) is 5.08. The molecule has 0 aromatic carbocycles. The zero-order chi connectivity index (χ0) is 23.7. The summed E-state index contributed by atoms with van der Waals surface area (Å²) < 4.78 is 32.3. The van der Waals surface area contributed by atoms with Crippen LogP contribution in [0.15, 0.2) is 45.7 Å². The smallest absolute Gasteiger partial charge is 0.414 e. The summed E-state index contributed by atoms with van der Waals surface area (Å²) in [5, 5.41) is 14.8. The maximum Gasteiger partial charge on any atom is 0.414 e. The molecular weight excluding hydrogens is 510 g/mol. The topological polar surface area (TPSA) is 158 Å². The second-order valence-electron chi connectivity index (χ2n) is 6.72. The van der Waals surface area contributed by atoms with E-state index in [1.807, 2.05) is 6.07 Å². The summed E-state index contributed by atoms with van der Waals surface area (Å²) in [7, 11) is -3.37. The van der Waals surface area contributed by atoms with E-state index in [0.717, 1.165) is 18.4 Å². The molecule has 0 unspecified atom stereocenters. The highest BCUT2D eigenvalue weighted by molar-refractivity contribution is 9.10. The normalized spacial score (nSPS) is 13.8. The van der Waals surface area contributed by atoms with E-state index < -0.39 is 22.0 Å². The molecular formula is C19H22BrN3O8S. The molecule has 32 heavy (non-hydrogen) atoms. The lowest BCUT2D eigenvalue weighted by Gasteiger charge is -2.23. The standard InChI is InChI=1S/C17H20BrN3O4S.C2H2O4/c18-16-6-5-15(25-16)17(22)20(13-14-4-3-7-19-12-14)10-11-26(23,24)21-8-1-2-9-21;3-1(4)2(5)6/h3-7,12H,1-2,8-11,13H2;(H,3,4)(H,5,6). The predicted molar refractivity (Wildman–Crippen MR) is 115 cm³/mol. The molecule has 0 saturated carbocycles. The second-order valence-corrected chi connectivity index (χ2v) is 9.59. The van der Waals surface area contributed by atoms with Gasteiger partial charge in [0.15, 0.2) is 10.4 Å². The lowest BCUT2D eigenvalue weighted by atomic mass is 10.2. The molecule has 0 atom stereocenters. The van der Waals surface area contributed by atoms with E-state index in [1.54, 1.807) is 30.6 Å². The molecule has 0 radical (unpaired) electrons. The summed E-state index contributed by atoms with van der Waals surface area (Å²) in [5.41, 5.74) is 0.824. The Labute approximate surface area is 192 Å². The van der Waals surface area contributed by atoms with E-state index in [9.17, 15) is 13.2 Å². The van der Waals surface area contributed by atoms with E-state index in [4.69, 9.17) is 24.2 Å². The molecule has 13 heteroatoms. The molecule has 3 rings (SSSR count). The molecule has 174 valence electrons. The van der Waals surface area contributed by atoms with E-state index in [2.05, 4.69) is 20.9 Å². The zero-order valence-electron chi connectivity index (χ0n) is 16.9. The molecule has 0 bridgehead atoms. The summed E-state index contributed by atoms with van der Waals surface area (Å²) in [6, 6.07) is 6.83. The number of carbonyl (C=O) groups excluding carboxylic acids is 1. The van der Waals surface area contributed by atoms with Gasteiger partial charge in [0.2, 0.25) is 10.0 Å². The molecule has 0 spiro atoms. The van der Waals surface area contributed by atoms with Crippen molar-refractivity contribution >= 4 is 43.8 Å². The predicted octanol–water partition coefficient (Wildman–Crippen LogP) is 1.66. The van der Waals surface area contributed by atoms with Crippen LogP contribution >= 0.6 is 15.9 Å². The van der Waals surface area contributed by atoms with Crippen molar-refractivity contribution in [2.45, 2.75) is 19.4 Å². The number of furan rings is 1. The van der Waals surface area contributed by atoms with Crippen LogP contribution < -0.4 is 0 Å². The molecule has 11 nitrogen and oxygen atoms in total. The van der Waals surface area contributed by atoms with Crippen LogP contribution in [0.5, 0.6) is 0 Å². The number of aromatic nitrogens is 1. The third kappa shape index (κ3) is 7.73. The van der Waals surface area contributed by atoms with Crippen LogP contribution in [0.1, 0.15) is 29.0 Å². The number of halogens is 1. The number of hydrogen-bond donors (Lipinski definition) is 2. The largest absolute Gasteiger partial charge is 0.473 e. The number of carbonyl (C=O) groups is 3. The van der Waals surface area contributed by atoms with Gasteiger partial charge in [-0.05, 0) is 52.5 Å². The van der Waals surface area contributed by atoms with Gasteiger partial charge in [-0.2, -0.15) is 0 Å².